The smallest absolute Gasteiger partial charge is 0.261 e. The molecule has 4 aliphatic rings. The first-order chi connectivity index (χ1) is 12.1. The van der Waals surface area contributed by atoms with E-state index in [2.05, 4.69) is 6.07 Å². The molecule has 4 aliphatic heterocycles. The van der Waals surface area contributed by atoms with E-state index in [1.165, 1.54) is 26.5 Å². The Morgan fingerprint density at radius 3 is 2.50 bits per heavy atom. The number of likely N-dealkylation sites (N-methyl/N-ethyl adjacent to an activating group) is 1. The fourth-order valence-corrected chi connectivity index (χ4v) is 7.99. The molecule has 4 fully saturated rings. The Morgan fingerprint density at radius 1 is 1.19 bits per heavy atom. The largest absolute Gasteiger partial charge is 0.319 e. The Kier molecular flexibility index (Phi) is 3.86. The molecule has 0 aromatic heterocycles. The highest BCUT2D eigenvalue weighted by Crippen LogP contribution is 2.69. The number of hydrogen-bond donors (Lipinski definition) is 0. The zero-order chi connectivity index (χ0) is 19.1. The molecule has 136 valence electrons. The molecule has 2 bridgehead atoms. The van der Waals surface area contributed by atoms with Crippen molar-refractivity contribution in [3.8, 4) is 6.07 Å². The van der Waals surface area contributed by atoms with Gasteiger partial charge in [0.1, 0.15) is 0 Å². The van der Waals surface area contributed by atoms with Gasteiger partial charge in [-0.25, -0.2) is 0 Å². The van der Waals surface area contributed by atoms with Crippen molar-refractivity contribution in [1.82, 2.24) is 9.80 Å². The van der Waals surface area contributed by atoms with E-state index in [9.17, 15) is 14.9 Å². The number of rotatable bonds is 1. The van der Waals surface area contributed by atoms with E-state index >= 15 is 0 Å². The van der Waals surface area contributed by atoms with Crippen LogP contribution in [0.3, 0.4) is 0 Å². The number of nitrogens with zero attached hydrogens (tertiary/aromatic N) is 3. The van der Waals surface area contributed by atoms with E-state index in [0.717, 1.165) is 0 Å². The van der Waals surface area contributed by atoms with Gasteiger partial charge in [0.25, 0.3) is 11.8 Å². The van der Waals surface area contributed by atoms with Crippen molar-refractivity contribution in [2.75, 3.05) is 7.05 Å². The average molecular weight is 428 g/mol. The number of amides is 2. The molecule has 9 heteroatoms. The van der Waals surface area contributed by atoms with Crippen molar-refractivity contribution < 1.29 is 9.59 Å². The van der Waals surface area contributed by atoms with Crippen LogP contribution < -0.4 is 0 Å². The first-order valence-corrected chi connectivity index (χ1v) is 10.9. The summed E-state index contributed by atoms with van der Waals surface area (Å²) in [6.07, 6.45) is 0.268. The van der Waals surface area contributed by atoms with Crippen LogP contribution >= 0.6 is 44.8 Å². The standard InChI is InChI=1S/C17H15Cl2N3O2S2/c1-15(8-20)7-17-14(24)21(3)16(2,25-26-17)13(23)22(17)12(15)9-4-5-10(18)11(19)6-9/h4-6,12H,7H2,1-3H3/t12?,15-,16?,17+/m1/s1. The number of benzene rings is 1. The van der Waals surface area contributed by atoms with Gasteiger partial charge in [0.15, 0.2) is 9.74 Å². The molecule has 26 heavy (non-hydrogen) atoms. The van der Waals surface area contributed by atoms with Gasteiger partial charge >= 0.3 is 0 Å². The summed E-state index contributed by atoms with van der Waals surface area (Å²) < 4.78 is 0. The lowest BCUT2D eigenvalue weighted by Gasteiger charge is -2.57. The second-order valence-corrected chi connectivity index (χ2v) is 10.9. The number of carbonyl (C=O) groups excluding carboxylic acids is 2. The molecule has 0 N–H and O–H groups in total. The third-order valence-corrected chi connectivity index (χ3v) is 10.0. The molecule has 0 aliphatic carbocycles. The number of nitriles is 1. The Bertz CT molecular complexity index is 906. The van der Waals surface area contributed by atoms with Gasteiger partial charge in [-0.1, -0.05) is 50.9 Å². The quantitative estimate of drug-likeness (QED) is 0.631. The SMILES string of the molecule is CN1C(=O)[C@@]23C[C@](C)(C#N)C(c4ccc(Cl)c(Cl)c4)N2C(=O)C1(C)SS3. The van der Waals surface area contributed by atoms with Crippen LogP contribution in [0.1, 0.15) is 31.9 Å². The average Bonchev–Trinajstić information content (AvgIpc) is 2.89. The van der Waals surface area contributed by atoms with Crippen molar-refractivity contribution in [3.05, 3.63) is 33.8 Å². The van der Waals surface area contributed by atoms with Gasteiger partial charge in [0.05, 0.1) is 27.6 Å². The van der Waals surface area contributed by atoms with E-state index < -0.39 is 21.2 Å². The predicted molar refractivity (Wildman–Crippen MR) is 103 cm³/mol. The Balaban J connectivity index is 1.95. The van der Waals surface area contributed by atoms with Gasteiger partial charge in [0.2, 0.25) is 0 Å². The van der Waals surface area contributed by atoms with Gasteiger partial charge in [-0.05, 0) is 31.5 Å². The summed E-state index contributed by atoms with van der Waals surface area (Å²) in [4.78, 5) is 27.7. The van der Waals surface area contributed by atoms with E-state index in [0.29, 0.717) is 15.6 Å². The minimum absolute atomic E-state index is 0.132. The lowest BCUT2D eigenvalue weighted by molar-refractivity contribution is -0.164. The van der Waals surface area contributed by atoms with Crippen LogP contribution in [0, 0.1) is 16.7 Å². The molecule has 1 spiro atoms. The maximum Gasteiger partial charge on any atom is 0.261 e. The lowest BCUT2D eigenvalue weighted by Crippen LogP contribution is -2.73. The van der Waals surface area contributed by atoms with Gasteiger partial charge in [-0.2, -0.15) is 5.26 Å². The van der Waals surface area contributed by atoms with Crippen LogP contribution in [-0.2, 0) is 9.59 Å². The van der Waals surface area contributed by atoms with Crippen LogP contribution in [-0.4, -0.2) is 38.4 Å². The summed E-state index contributed by atoms with van der Waals surface area (Å²) in [7, 11) is 4.43. The third kappa shape index (κ3) is 2.02. The molecule has 1 aromatic carbocycles. The molecular weight excluding hydrogens is 413 g/mol. The second-order valence-electron chi connectivity index (χ2n) is 7.26. The lowest BCUT2D eigenvalue weighted by atomic mass is 9.79. The summed E-state index contributed by atoms with van der Waals surface area (Å²) in [6.45, 7) is 3.55. The first kappa shape index (κ1) is 18.3. The highest BCUT2D eigenvalue weighted by molar-refractivity contribution is 8.78. The van der Waals surface area contributed by atoms with E-state index in [4.69, 9.17) is 23.2 Å². The Labute approximate surface area is 169 Å². The summed E-state index contributed by atoms with van der Waals surface area (Å²) in [5.41, 5.74) is -0.210. The minimum atomic E-state index is -1.07. The predicted octanol–water partition coefficient (Wildman–Crippen LogP) is 4.08. The van der Waals surface area contributed by atoms with Crippen molar-refractivity contribution in [3.63, 3.8) is 0 Å². The van der Waals surface area contributed by atoms with Crippen LogP contribution in [0.15, 0.2) is 18.2 Å². The van der Waals surface area contributed by atoms with Crippen molar-refractivity contribution in [1.29, 1.82) is 5.26 Å². The highest BCUT2D eigenvalue weighted by atomic mass is 35.5. The van der Waals surface area contributed by atoms with Gasteiger partial charge < -0.3 is 9.80 Å². The molecule has 2 unspecified atom stereocenters. The normalized spacial score (nSPS) is 38.5. The topological polar surface area (TPSA) is 64.4 Å². The summed E-state index contributed by atoms with van der Waals surface area (Å²) in [6, 6.07) is 6.91. The fourth-order valence-electron chi connectivity index (χ4n) is 4.10. The van der Waals surface area contributed by atoms with Crippen LogP contribution in [0.25, 0.3) is 0 Å². The van der Waals surface area contributed by atoms with E-state index in [1.807, 2.05) is 0 Å². The molecular formula is C17H15Cl2N3O2S2. The molecule has 5 rings (SSSR count). The monoisotopic (exact) mass is 427 g/mol. The van der Waals surface area contributed by atoms with Crippen LogP contribution in [0.4, 0.5) is 0 Å². The van der Waals surface area contributed by atoms with E-state index in [-0.39, 0.29) is 18.2 Å². The van der Waals surface area contributed by atoms with Crippen molar-refractivity contribution >= 4 is 56.6 Å². The molecule has 5 nitrogen and oxygen atoms in total. The molecule has 4 saturated heterocycles. The molecule has 2 amide bonds. The van der Waals surface area contributed by atoms with Gasteiger partial charge in [-0.3, -0.25) is 9.59 Å². The molecule has 0 saturated carbocycles. The fraction of sp³-hybridized carbons (Fsp3) is 0.471. The molecule has 4 heterocycles. The summed E-state index contributed by atoms with van der Waals surface area (Å²) >= 11 is 12.2. The molecule has 0 radical (unpaired) electrons. The van der Waals surface area contributed by atoms with Crippen molar-refractivity contribution in [2.45, 2.75) is 36.1 Å². The Morgan fingerprint density at radius 2 is 1.88 bits per heavy atom. The van der Waals surface area contributed by atoms with Crippen LogP contribution in [0.2, 0.25) is 10.0 Å². The number of halogens is 2. The third-order valence-electron chi connectivity index (χ3n) is 5.61. The number of piperazine rings is 1. The Hall–Kier alpha value is -1.07. The number of fused-ring (bicyclic) bond motifs is 2. The minimum Gasteiger partial charge on any atom is -0.319 e. The summed E-state index contributed by atoms with van der Waals surface area (Å²) in [5.74, 6) is -0.286. The number of hydrogen-bond acceptors (Lipinski definition) is 5. The van der Waals surface area contributed by atoms with Crippen LogP contribution in [0.5, 0.6) is 0 Å². The van der Waals surface area contributed by atoms with Gasteiger partial charge in [-0.15, -0.1) is 0 Å². The first-order valence-electron chi connectivity index (χ1n) is 7.96. The maximum absolute atomic E-state index is 13.4. The highest BCUT2D eigenvalue weighted by Gasteiger charge is 2.74. The van der Waals surface area contributed by atoms with E-state index in [1.54, 1.807) is 44.0 Å². The zero-order valence-corrected chi connectivity index (χ0v) is 17.4. The molecule has 4 atom stereocenters. The zero-order valence-electron chi connectivity index (χ0n) is 14.2. The maximum atomic E-state index is 13.4. The van der Waals surface area contributed by atoms with Gasteiger partial charge in [0, 0.05) is 13.5 Å². The summed E-state index contributed by atoms with van der Waals surface area (Å²) in [5, 5.41) is 10.7. The number of carbonyl (C=O) groups is 2. The molecule has 1 aromatic rings. The van der Waals surface area contributed by atoms with Crippen molar-refractivity contribution in [2.24, 2.45) is 5.41 Å². The second kappa shape index (κ2) is 5.48.